The second kappa shape index (κ2) is 8.06. The lowest BCUT2D eigenvalue weighted by molar-refractivity contribution is -0.116. The van der Waals surface area contributed by atoms with E-state index >= 15 is 0 Å². The topological polar surface area (TPSA) is 52.7 Å². The molecule has 0 bridgehead atoms. The quantitative estimate of drug-likeness (QED) is 0.815. The zero-order valence-corrected chi connectivity index (χ0v) is 13.5. The Labute approximate surface area is 132 Å². The predicted molar refractivity (Wildman–Crippen MR) is 88.2 cm³/mol. The van der Waals surface area contributed by atoms with Crippen LogP contribution >= 0.6 is 0 Å². The standard InChI is InChI=1S/C17H25N3O2/c1-3-4-17(22)18-15-7-5-14(6-8-15)16(21)13-20-11-9-19(2)10-12-20/h5-8H,3-4,9-13H2,1-2H3,(H,18,22). The molecule has 1 amide bonds. The molecule has 1 N–H and O–H groups in total. The van der Waals surface area contributed by atoms with Crippen LogP contribution in [0.25, 0.3) is 0 Å². The molecular weight excluding hydrogens is 278 g/mol. The van der Waals surface area contributed by atoms with Crippen LogP contribution in [-0.2, 0) is 4.79 Å². The van der Waals surface area contributed by atoms with Gasteiger partial charge in [-0.05, 0) is 37.7 Å². The van der Waals surface area contributed by atoms with Crippen molar-refractivity contribution < 1.29 is 9.59 Å². The van der Waals surface area contributed by atoms with Gasteiger partial charge in [0.2, 0.25) is 5.91 Å². The zero-order chi connectivity index (χ0) is 15.9. The highest BCUT2D eigenvalue weighted by atomic mass is 16.1. The van der Waals surface area contributed by atoms with Gasteiger partial charge in [0, 0.05) is 43.9 Å². The number of piperazine rings is 1. The van der Waals surface area contributed by atoms with Crippen LogP contribution in [-0.4, -0.2) is 61.3 Å². The van der Waals surface area contributed by atoms with E-state index in [0.717, 1.165) is 38.3 Å². The molecule has 1 heterocycles. The summed E-state index contributed by atoms with van der Waals surface area (Å²) in [6.07, 6.45) is 1.34. The SMILES string of the molecule is CCCC(=O)Nc1ccc(C(=O)CN2CCN(C)CC2)cc1. The molecule has 0 spiro atoms. The molecule has 5 nitrogen and oxygen atoms in total. The van der Waals surface area contributed by atoms with Crippen LogP contribution in [0.5, 0.6) is 0 Å². The van der Waals surface area contributed by atoms with Crippen LogP contribution in [0.4, 0.5) is 5.69 Å². The van der Waals surface area contributed by atoms with Gasteiger partial charge in [-0.3, -0.25) is 14.5 Å². The average molecular weight is 303 g/mol. The molecule has 0 unspecified atom stereocenters. The summed E-state index contributed by atoms with van der Waals surface area (Å²) in [7, 11) is 2.10. The number of amides is 1. The summed E-state index contributed by atoms with van der Waals surface area (Å²) in [6, 6.07) is 7.18. The van der Waals surface area contributed by atoms with E-state index in [9.17, 15) is 9.59 Å². The fourth-order valence-electron chi connectivity index (χ4n) is 2.49. The number of nitrogens with zero attached hydrogens (tertiary/aromatic N) is 2. The summed E-state index contributed by atoms with van der Waals surface area (Å²) in [4.78, 5) is 28.3. The van der Waals surface area contributed by atoms with Crippen LogP contribution in [0, 0.1) is 0 Å². The Morgan fingerprint density at radius 3 is 2.32 bits per heavy atom. The Bertz CT molecular complexity index is 505. The third-order valence-electron chi connectivity index (χ3n) is 3.93. The van der Waals surface area contributed by atoms with Crippen molar-refractivity contribution in [2.45, 2.75) is 19.8 Å². The van der Waals surface area contributed by atoms with E-state index in [4.69, 9.17) is 0 Å². The van der Waals surface area contributed by atoms with E-state index in [2.05, 4.69) is 22.2 Å². The fraction of sp³-hybridized carbons (Fsp3) is 0.529. The third-order valence-corrected chi connectivity index (χ3v) is 3.93. The zero-order valence-electron chi connectivity index (χ0n) is 13.5. The van der Waals surface area contributed by atoms with Gasteiger partial charge in [0.25, 0.3) is 0 Å². The summed E-state index contributed by atoms with van der Waals surface area (Å²) >= 11 is 0. The first-order chi connectivity index (χ1) is 10.6. The largest absolute Gasteiger partial charge is 0.326 e. The molecule has 0 aliphatic carbocycles. The normalized spacial score (nSPS) is 16.5. The number of carbonyl (C=O) groups excluding carboxylic acids is 2. The molecule has 1 aromatic rings. The van der Waals surface area contributed by atoms with Crippen molar-refractivity contribution in [3.63, 3.8) is 0 Å². The Morgan fingerprint density at radius 2 is 1.73 bits per heavy atom. The van der Waals surface area contributed by atoms with Crippen LogP contribution in [0.2, 0.25) is 0 Å². The van der Waals surface area contributed by atoms with Crippen LogP contribution in [0.3, 0.4) is 0 Å². The van der Waals surface area contributed by atoms with E-state index in [1.807, 2.05) is 6.92 Å². The first-order valence-electron chi connectivity index (χ1n) is 7.92. The van der Waals surface area contributed by atoms with Gasteiger partial charge in [0.15, 0.2) is 5.78 Å². The molecular formula is C17H25N3O2. The lowest BCUT2D eigenvalue weighted by atomic mass is 10.1. The van der Waals surface area contributed by atoms with Crippen molar-refractivity contribution in [1.82, 2.24) is 9.80 Å². The van der Waals surface area contributed by atoms with E-state index in [1.54, 1.807) is 24.3 Å². The number of hydrogen-bond donors (Lipinski definition) is 1. The number of ketones is 1. The third kappa shape index (κ3) is 4.93. The molecule has 1 saturated heterocycles. The molecule has 0 saturated carbocycles. The van der Waals surface area contributed by atoms with Gasteiger partial charge in [-0.2, -0.15) is 0 Å². The number of carbonyl (C=O) groups is 2. The van der Waals surface area contributed by atoms with Gasteiger partial charge in [-0.15, -0.1) is 0 Å². The maximum atomic E-state index is 12.3. The lowest BCUT2D eigenvalue weighted by Gasteiger charge is -2.31. The van der Waals surface area contributed by atoms with Crippen molar-refractivity contribution in [3.05, 3.63) is 29.8 Å². The molecule has 1 aliphatic rings. The highest BCUT2D eigenvalue weighted by Gasteiger charge is 2.17. The molecule has 2 rings (SSSR count). The average Bonchev–Trinajstić information content (AvgIpc) is 2.50. The highest BCUT2D eigenvalue weighted by molar-refractivity contribution is 5.98. The minimum atomic E-state index is 0.0130. The Balaban J connectivity index is 1.86. The Hall–Kier alpha value is -1.72. The first kappa shape index (κ1) is 16.6. The summed E-state index contributed by atoms with van der Waals surface area (Å²) in [6.45, 7) is 6.33. The van der Waals surface area contributed by atoms with Gasteiger partial charge in [-0.1, -0.05) is 6.92 Å². The molecule has 5 heteroatoms. The van der Waals surface area contributed by atoms with E-state index in [-0.39, 0.29) is 11.7 Å². The summed E-state index contributed by atoms with van der Waals surface area (Å²) in [5.74, 6) is 0.148. The summed E-state index contributed by atoms with van der Waals surface area (Å²) < 4.78 is 0. The molecule has 1 aliphatic heterocycles. The monoisotopic (exact) mass is 303 g/mol. The number of likely N-dealkylation sites (N-methyl/N-ethyl adjacent to an activating group) is 1. The molecule has 0 radical (unpaired) electrons. The fourth-order valence-corrected chi connectivity index (χ4v) is 2.49. The van der Waals surface area contributed by atoms with Crippen molar-refractivity contribution in [2.75, 3.05) is 45.1 Å². The van der Waals surface area contributed by atoms with Gasteiger partial charge in [0.05, 0.1) is 6.54 Å². The van der Waals surface area contributed by atoms with Crippen molar-refractivity contribution in [1.29, 1.82) is 0 Å². The first-order valence-corrected chi connectivity index (χ1v) is 7.92. The van der Waals surface area contributed by atoms with Gasteiger partial charge in [-0.25, -0.2) is 0 Å². The van der Waals surface area contributed by atoms with Crippen molar-refractivity contribution >= 4 is 17.4 Å². The molecule has 120 valence electrons. The minimum Gasteiger partial charge on any atom is -0.326 e. The summed E-state index contributed by atoms with van der Waals surface area (Å²) in [5.41, 5.74) is 1.45. The van der Waals surface area contributed by atoms with Crippen molar-refractivity contribution in [2.24, 2.45) is 0 Å². The van der Waals surface area contributed by atoms with Crippen LogP contribution in [0.15, 0.2) is 24.3 Å². The molecule has 0 atom stereocenters. The maximum Gasteiger partial charge on any atom is 0.224 e. The number of anilines is 1. The second-order valence-corrected chi connectivity index (χ2v) is 5.88. The summed E-state index contributed by atoms with van der Waals surface area (Å²) in [5, 5.41) is 2.83. The highest BCUT2D eigenvalue weighted by Crippen LogP contribution is 2.12. The number of hydrogen-bond acceptors (Lipinski definition) is 4. The number of benzene rings is 1. The van der Waals surface area contributed by atoms with E-state index in [0.29, 0.717) is 18.5 Å². The van der Waals surface area contributed by atoms with Gasteiger partial charge in [0.1, 0.15) is 0 Å². The molecule has 0 aromatic heterocycles. The number of Topliss-reactive ketones (excluding diaryl/α,β-unsaturated/α-hetero) is 1. The number of nitrogens with one attached hydrogen (secondary N) is 1. The van der Waals surface area contributed by atoms with E-state index in [1.165, 1.54) is 0 Å². The lowest BCUT2D eigenvalue weighted by Crippen LogP contribution is -2.46. The van der Waals surface area contributed by atoms with Crippen molar-refractivity contribution in [3.8, 4) is 0 Å². The minimum absolute atomic E-state index is 0.0130. The van der Waals surface area contributed by atoms with Gasteiger partial charge < -0.3 is 10.2 Å². The van der Waals surface area contributed by atoms with E-state index < -0.39 is 0 Å². The molecule has 1 fully saturated rings. The second-order valence-electron chi connectivity index (χ2n) is 5.88. The number of rotatable bonds is 6. The predicted octanol–water partition coefficient (Wildman–Crippen LogP) is 1.86. The smallest absolute Gasteiger partial charge is 0.224 e. The molecule has 22 heavy (non-hydrogen) atoms. The van der Waals surface area contributed by atoms with Gasteiger partial charge >= 0.3 is 0 Å². The molecule has 1 aromatic carbocycles. The van der Waals surface area contributed by atoms with Crippen LogP contribution in [0.1, 0.15) is 30.1 Å². The Kier molecular flexibility index (Phi) is 6.10. The Morgan fingerprint density at radius 1 is 1.09 bits per heavy atom. The van der Waals surface area contributed by atoms with Crippen LogP contribution < -0.4 is 5.32 Å². The maximum absolute atomic E-state index is 12.3.